The average molecular weight is 380 g/mol. The first-order valence-corrected chi connectivity index (χ1v) is 9.06. The molecule has 1 amide bonds. The molecule has 0 bridgehead atoms. The quantitative estimate of drug-likeness (QED) is 0.609. The number of hydrogen-bond donors (Lipinski definition) is 1. The van der Waals surface area contributed by atoms with E-state index >= 15 is 0 Å². The summed E-state index contributed by atoms with van der Waals surface area (Å²) in [6, 6.07) is 12.8. The molecule has 28 heavy (non-hydrogen) atoms. The highest BCUT2D eigenvalue weighted by Crippen LogP contribution is 2.15. The SMILES string of the molecule is COCCn1ccc(NC(=O)Cc2ccc(C(=O)c3ccc(C)cc3)n2C)n1. The number of benzene rings is 1. The van der Waals surface area contributed by atoms with Crippen molar-refractivity contribution in [2.75, 3.05) is 19.0 Å². The number of amides is 1. The van der Waals surface area contributed by atoms with Gasteiger partial charge in [-0.15, -0.1) is 0 Å². The van der Waals surface area contributed by atoms with Crippen molar-refractivity contribution in [3.63, 3.8) is 0 Å². The first kappa shape index (κ1) is 19.6. The van der Waals surface area contributed by atoms with E-state index in [0.29, 0.717) is 30.2 Å². The minimum Gasteiger partial charge on any atom is -0.383 e. The van der Waals surface area contributed by atoms with Gasteiger partial charge in [-0.25, -0.2) is 0 Å². The molecule has 0 aliphatic heterocycles. The Morgan fingerprint density at radius 2 is 1.86 bits per heavy atom. The highest BCUT2D eigenvalue weighted by molar-refractivity contribution is 6.08. The van der Waals surface area contributed by atoms with E-state index < -0.39 is 0 Å². The van der Waals surface area contributed by atoms with Gasteiger partial charge in [-0.1, -0.05) is 29.8 Å². The van der Waals surface area contributed by atoms with E-state index in [0.717, 1.165) is 11.3 Å². The van der Waals surface area contributed by atoms with E-state index in [9.17, 15) is 9.59 Å². The first-order chi connectivity index (χ1) is 13.5. The van der Waals surface area contributed by atoms with Crippen LogP contribution >= 0.6 is 0 Å². The van der Waals surface area contributed by atoms with Crippen molar-refractivity contribution in [1.82, 2.24) is 14.3 Å². The smallest absolute Gasteiger partial charge is 0.231 e. The van der Waals surface area contributed by atoms with Crippen molar-refractivity contribution in [1.29, 1.82) is 0 Å². The first-order valence-electron chi connectivity index (χ1n) is 9.06. The number of anilines is 1. The van der Waals surface area contributed by atoms with Gasteiger partial charge in [-0.2, -0.15) is 5.10 Å². The third-order valence-electron chi connectivity index (χ3n) is 4.55. The molecule has 0 saturated heterocycles. The summed E-state index contributed by atoms with van der Waals surface area (Å²) in [6.07, 6.45) is 1.94. The fraction of sp³-hybridized carbons (Fsp3) is 0.286. The van der Waals surface area contributed by atoms with Crippen LogP contribution < -0.4 is 5.32 Å². The number of rotatable bonds is 8. The van der Waals surface area contributed by atoms with Crippen molar-refractivity contribution in [2.45, 2.75) is 19.9 Å². The van der Waals surface area contributed by atoms with Crippen LogP contribution in [-0.4, -0.2) is 39.8 Å². The highest BCUT2D eigenvalue weighted by Gasteiger charge is 2.16. The standard InChI is InChI=1S/C21H24N4O3/c1-15-4-6-16(7-5-15)21(27)18-9-8-17(24(18)2)14-20(26)22-19-10-11-25(23-19)12-13-28-3/h4-11H,12-14H2,1-3H3,(H,22,23,26). The van der Waals surface area contributed by atoms with Crippen LogP contribution in [-0.2, 0) is 29.5 Å². The summed E-state index contributed by atoms with van der Waals surface area (Å²) in [6.45, 7) is 3.15. The Balaban J connectivity index is 1.65. The molecule has 7 heteroatoms. The predicted molar refractivity (Wildman–Crippen MR) is 106 cm³/mol. The molecule has 0 atom stereocenters. The zero-order chi connectivity index (χ0) is 20.1. The fourth-order valence-electron chi connectivity index (χ4n) is 2.90. The molecule has 0 radical (unpaired) electrons. The largest absolute Gasteiger partial charge is 0.383 e. The normalized spacial score (nSPS) is 10.8. The van der Waals surface area contributed by atoms with Crippen LogP contribution in [0.3, 0.4) is 0 Å². The van der Waals surface area contributed by atoms with E-state index in [4.69, 9.17) is 4.74 Å². The lowest BCUT2D eigenvalue weighted by atomic mass is 10.1. The number of carbonyl (C=O) groups is 2. The molecular formula is C21H24N4O3. The number of carbonyl (C=O) groups excluding carboxylic acids is 2. The Kier molecular flexibility index (Phi) is 6.06. The van der Waals surface area contributed by atoms with Crippen molar-refractivity contribution in [3.8, 4) is 0 Å². The van der Waals surface area contributed by atoms with E-state index in [1.165, 1.54) is 0 Å². The molecular weight excluding hydrogens is 356 g/mol. The average Bonchev–Trinajstić information content (AvgIpc) is 3.27. The summed E-state index contributed by atoms with van der Waals surface area (Å²) in [5.74, 6) is 0.241. The molecule has 0 aliphatic rings. The van der Waals surface area contributed by atoms with Gasteiger partial charge >= 0.3 is 0 Å². The van der Waals surface area contributed by atoms with Crippen LogP contribution in [0.4, 0.5) is 5.82 Å². The van der Waals surface area contributed by atoms with Gasteiger partial charge in [0.2, 0.25) is 11.7 Å². The Labute approximate surface area is 163 Å². The molecule has 0 fully saturated rings. The van der Waals surface area contributed by atoms with Gasteiger partial charge in [-0.3, -0.25) is 14.3 Å². The number of ether oxygens (including phenoxy) is 1. The second kappa shape index (κ2) is 8.67. The zero-order valence-corrected chi connectivity index (χ0v) is 16.3. The summed E-state index contributed by atoms with van der Waals surface area (Å²) >= 11 is 0. The summed E-state index contributed by atoms with van der Waals surface area (Å²) in [7, 11) is 3.42. The van der Waals surface area contributed by atoms with Gasteiger partial charge in [-0.05, 0) is 19.1 Å². The van der Waals surface area contributed by atoms with E-state index in [2.05, 4.69) is 10.4 Å². The van der Waals surface area contributed by atoms with Gasteiger partial charge in [0.25, 0.3) is 0 Å². The van der Waals surface area contributed by atoms with Crippen LogP contribution in [0.15, 0.2) is 48.7 Å². The second-order valence-electron chi connectivity index (χ2n) is 6.65. The van der Waals surface area contributed by atoms with Crippen molar-refractivity contribution >= 4 is 17.5 Å². The molecule has 1 N–H and O–H groups in total. The lowest BCUT2D eigenvalue weighted by molar-refractivity contribution is -0.115. The fourth-order valence-corrected chi connectivity index (χ4v) is 2.90. The van der Waals surface area contributed by atoms with Crippen molar-refractivity contribution in [2.24, 2.45) is 7.05 Å². The number of nitrogens with zero attached hydrogens (tertiary/aromatic N) is 3. The van der Waals surface area contributed by atoms with E-state index in [1.807, 2.05) is 31.2 Å². The maximum atomic E-state index is 12.7. The minimum absolute atomic E-state index is 0.0638. The molecule has 2 aromatic heterocycles. The van der Waals surface area contributed by atoms with Crippen molar-refractivity contribution < 1.29 is 14.3 Å². The third-order valence-corrected chi connectivity index (χ3v) is 4.55. The molecule has 146 valence electrons. The van der Waals surface area contributed by atoms with Crippen LogP contribution in [0, 0.1) is 6.92 Å². The molecule has 0 aliphatic carbocycles. The molecule has 0 saturated carbocycles. The summed E-state index contributed by atoms with van der Waals surface area (Å²) < 4.78 is 8.48. The van der Waals surface area contributed by atoms with E-state index in [1.54, 1.807) is 47.8 Å². The molecule has 7 nitrogen and oxygen atoms in total. The predicted octanol–water partition coefficient (Wildman–Crippen LogP) is 2.59. The monoisotopic (exact) mass is 380 g/mol. The summed E-state index contributed by atoms with van der Waals surface area (Å²) in [5.41, 5.74) is 3.04. The second-order valence-corrected chi connectivity index (χ2v) is 6.65. The number of aromatic nitrogens is 3. The van der Waals surface area contributed by atoms with Gasteiger partial charge in [0.05, 0.1) is 25.3 Å². The lowest BCUT2D eigenvalue weighted by Crippen LogP contribution is -2.18. The number of ketones is 1. The van der Waals surface area contributed by atoms with Gasteiger partial charge < -0.3 is 14.6 Å². The number of nitrogens with one attached hydrogen (secondary N) is 1. The minimum atomic E-state index is -0.187. The summed E-state index contributed by atoms with van der Waals surface area (Å²) in [5, 5.41) is 7.06. The maximum Gasteiger partial charge on any atom is 0.231 e. The van der Waals surface area contributed by atoms with Crippen molar-refractivity contribution in [3.05, 3.63) is 71.2 Å². The molecule has 3 rings (SSSR count). The van der Waals surface area contributed by atoms with Gasteiger partial charge in [0.1, 0.15) is 0 Å². The molecule has 3 aromatic rings. The van der Waals surface area contributed by atoms with Crippen LogP contribution in [0.1, 0.15) is 27.3 Å². The number of aryl methyl sites for hydroxylation is 1. The van der Waals surface area contributed by atoms with Crippen LogP contribution in [0.2, 0.25) is 0 Å². The third kappa shape index (κ3) is 4.55. The summed E-state index contributed by atoms with van der Waals surface area (Å²) in [4.78, 5) is 25.1. The topological polar surface area (TPSA) is 78.1 Å². The van der Waals surface area contributed by atoms with Gasteiger partial charge in [0.15, 0.2) is 5.82 Å². The lowest BCUT2D eigenvalue weighted by Gasteiger charge is -2.08. The Hall–Kier alpha value is -3.19. The molecule has 1 aromatic carbocycles. The Morgan fingerprint density at radius 1 is 1.11 bits per heavy atom. The highest BCUT2D eigenvalue weighted by atomic mass is 16.5. The molecule has 0 spiro atoms. The molecule has 2 heterocycles. The Morgan fingerprint density at radius 3 is 2.57 bits per heavy atom. The van der Waals surface area contributed by atoms with Gasteiger partial charge in [0, 0.05) is 37.7 Å². The zero-order valence-electron chi connectivity index (χ0n) is 16.3. The number of hydrogen-bond acceptors (Lipinski definition) is 4. The van der Waals surface area contributed by atoms with Crippen LogP contribution in [0.25, 0.3) is 0 Å². The van der Waals surface area contributed by atoms with Crippen LogP contribution in [0.5, 0.6) is 0 Å². The Bertz CT molecular complexity index is 970. The number of methoxy groups -OCH3 is 1. The maximum absolute atomic E-state index is 12.7. The van der Waals surface area contributed by atoms with E-state index in [-0.39, 0.29) is 18.1 Å². The molecule has 0 unspecified atom stereocenters.